The van der Waals surface area contributed by atoms with Gasteiger partial charge in [-0.3, -0.25) is 10.1 Å². The number of furan rings is 2. The summed E-state index contributed by atoms with van der Waals surface area (Å²) in [4.78, 5) is 11.3. The highest BCUT2D eigenvalue weighted by Gasteiger charge is 2.32. The Morgan fingerprint density at radius 2 is 1.60 bits per heavy atom. The molecular weight excluding hydrogens is 442 g/mol. The van der Waals surface area contributed by atoms with Gasteiger partial charge in [-0.15, -0.1) is 0 Å². The molecular formula is C29H21NO5. The Morgan fingerprint density at radius 3 is 2.40 bits per heavy atom. The molecule has 6 heteroatoms. The van der Waals surface area contributed by atoms with E-state index in [1.807, 2.05) is 30.3 Å². The van der Waals surface area contributed by atoms with Gasteiger partial charge in [0.25, 0.3) is 5.69 Å². The lowest BCUT2D eigenvalue weighted by Gasteiger charge is -2.26. The van der Waals surface area contributed by atoms with Gasteiger partial charge < -0.3 is 13.6 Å². The molecule has 6 aromatic rings. The van der Waals surface area contributed by atoms with Crippen LogP contribution in [0.5, 0.6) is 5.75 Å². The molecule has 0 saturated carbocycles. The Morgan fingerprint density at radius 1 is 0.829 bits per heavy atom. The maximum absolute atomic E-state index is 11.6. The summed E-state index contributed by atoms with van der Waals surface area (Å²) in [6.45, 7) is 6.82. The van der Waals surface area contributed by atoms with Crippen LogP contribution in [0.15, 0.2) is 69.5 Å². The number of hydrogen-bond acceptors (Lipinski definition) is 5. The number of para-hydroxylation sites is 1. The molecule has 0 radical (unpaired) electrons. The number of hydrogen-bond donors (Lipinski definition) is 0. The van der Waals surface area contributed by atoms with Crippen LogP contribution in [0.2, 0.25) is 0 Å². The molecule has 0 amide bonds. The van der Waals surface area contributed by atoms with Crippen LogP contribution in [0.3, 0.4) is 0 Å². The molecule has 0 N–H and O–H groups in total. The van der Waals surface area contributed by atoms with Crippen molar-refractivity contribution in [1.29, 1.82) is 0 Å². The highest BCUT2D eigenvalue weighted by atomic mass is 16.6. The van der Waals surface area contributed by atoms with E-state index in [-0.39, 0.29) is 16.0 Å². The summed E-state index contributed by atoms with van der Waals surface area (Å²) in [5.41, 5.74) is 6.72. The molecule has 2 aromatic heterocycles. The third kappa shape index (κ3) is 2.71. The summed E-state index contributed by atoms with van der Waals surface area (Å²) >= 11 is 0. The fourth-order valence-corrected chi connectivity index (χ4v) is 5.37. The Bertz CT molecular complexity index is 1870. The van der Waals surface area contributed by atoms with Gasteiger partial charge in [-0.2, -0.15) is 0 Å². The van der Waals surface area contributed by atoms with Crippen LogP contribution >= 0.6 is 0 Å². The summed E-state index contributed by atoms with van der Waals surface area (Å²) in [7, 11) is 0. The predicted molar refractivity (Wildman–Crippen MR) is 136 cm³/mol. The van der Waals surface area contributed by atoms with E-state index in [0.29, 0.717) is 17.6 Å². The van der Waals surface area contributed by atoms with Gasteiger partial charge in [-0.1, -0.05) is 45.0 Å². The molecule has 0 atom stereocenters. The van der Waals surface area contributed by atoms with Crippen LogP contribution in [-0.2, 0) is 12.0 Å². The summed E-state index contributed by atoms with van der Waals surface area (Å²) in [6, 6.07) is 18.9. The van der Waals surface area contributed by atoms with Crippen molar-refractivity contribution < 1.29 is 18.5 Å². The highest BCUT2D eigenvalue weighted by molar-refractivity contribution is 6.22. The predicted octanol–water partition coefficient (Wildman–Crippen LogP) is 8.25. The smallest absolute Gasteiger partial charge is 0.270 e. The number of benzene rings is 4. The van der Waals surface area contributed by atoms with E-state index in [1.165, 1.54) is 6.07 Å². The van der Waals surface area contributed by atoms with Crippen molar-refractivity contribution in [3.05, 3.63) is 81.9 Å². The third-order valence-electron chi connectivity index (χ3n) is 6.97. The minimum absolute atomic E-state index is 0.0269. The molecule has 1 aliphatic heterocycles. The molecule has 0 bridgehead atoms. The number of ether oxygens (including phenoxy) is 1. The minimum atomic E-state index is -0.370. The number of nitro groups is 1. The molecule has 0 aliphatic carbocycles. The van der Waals surface area contributed by atoms with Gasteiger partial charge in [0.2, 0.25) is 0 Å². The summed E-state index contributed by atoms with van der Waals surface area (Å²) in [6.07, 6.45) is 0. The molecule has 1 aliphatic rings. The van der Waals surface area contributed by atoms with Crippen molar-refractivity contribution in [3.63, 3.8) is 0 Å². The van der Waals surface area contributed by atoms with Crippen molar-refractivity contribution in [2.24, 2.45) is 0 Å². The van der Waals surface area contributed by atoms with Crippen molar-refractivity contribution in [2.45, 2.75) is 32.8 Å². The molecule has 4 aromatic carbocycles. The van der Waals surface area contributed by atoms with Gasteiger partial charge in [0.15, 0.2) is 0 Å². The van der Waals surface area contributed by atoms with E-state index in [1.54, 1.807) is 12.1 Å². The lowest BCUT2D eigenvalue weighted by molar-refractivity contribution is -0.384. The van der Waals surface area contributed by atoms with Gasteiger partial charge in [0.05, 0.1) is 4.92 Å². The fourth-order valence-electron chi connectivity index (χ4n) is 5.37. The second-order valence-electron chi connectivity index (χ2n) is 10.2. The fraction of sp³-hybridized carbons (Fsp3) is 0.172. The molecule has 35 heavy (non-hydrogen) atoms. The SMILES string of the molecule is CC(C)(C)c1cc2c(c3c1oc1ccc([N+](=O)[O-])cc13)-c1c(ccc3oc4ccccc4c13)CO2. The number of rotatable bonds is 1. The Hall–Kier alpha value is -4.32. The summed E-state index contributed by atoms with van der Waals surface area (Å²) in [5, 5.41) is 15.2. The maximum Gasteiger partial charge on any atom is 0.270 e. The number of non-ortho nitro benzene ring substituents is 1. The van der Waals surface area contributed by atoms with E-state index in [2.05, 4.69) is 32.9 Å². The number of fused-ring (bicyclic) bond motifs is 11. The van der Waals surface area contributed by atoms with Crippen LogP contribution in [0, 0.1) is 10.1 Å². The molecule has 6 nitrogen and oxygen atoms in total. The van der Waals surface area contributed by atoms with E-state index in [4.69, 9.17) is 13.6 Å². The lowest BCUT2D eigenvalue weighted by atomic mass is 9.82. The lowest BCUT2D eigenvalue weighted by Crippen LogP contribution is -2.14. The molecule has 7 rings (SSSR count). The summed E-state index contributed by atoms with van der Waals surface area (Å²) < 4.78 is 18.9. The van der Waals surface area contributed by atoms with Gasteiger partial charge in [0.1, 0.15) is 34.7 Å². The first-order valence-corrected chi connectivity index (χ1v) is 11.6. The molecule has 3 heterocycles. The van der Waals surface area contributed by atoms with Crippen LogP contribution < -0.4 is 4.74 Å². The van der Waals surface area contributed by atoms with Gasteiger partial charge in [-0.05, 0) is 35.2 Å². The largest absolute Gasteiger partial charge is 0.488 e. The third-order valence-corrected chi connectivity index (χ3v) is 6.97. The molecule has 0 unspecified atom stereocenters. The van der Waals surface area contributed by atoms with Gasteiger partial charge in [0, 0.05) is 50.4 Å². The quantitative estimate of drug-likeness (QED) is 0.181. The Kier molecular flexibility index (Phi) is 3.81. The second-order valence-corrected chi connectivity index (χ2v) is 10.2. The summed E-state index contributed by atoms with van der Waals surface area (Å²) in [5.74, 6) is 0.752. The second kappa shape index (κ2) is 6.63. The van der Waals surface area contributed by atoms with E-state index < -0.39 is 0 Å². The zero-order valence-electron chi connectivity index (χ0n) is 19.5. The van der Waals surface area contributed by atoms with Gasteiger partial charge >= 0.3 is 0 Å². The zero-order valence-corrected chi connectivity index (χ0v) is 19.5. The first-order valence-electron chi connectivity index (χ1n) is 11.6. The first-order chi connectivity index (χ1) is 16.8. The zero-order chi connectivity index (χ0) is 24.1. The van der Waals surface area contributed by atoms with Crippen molar-refractivity contribution in [3.8, 4) is 16.9 Å². The standard InChI is InChI=1S/C29H21NO5/c1-29(2,3)19-13-23-27(26-18-12-16(30(31)32)9-11-21(18)35-28(19)26)24-15(14-33-23)8-10-22-25(24)17-6-4-5-7-20(17)34-22/h4-13H,14H2,1-3H3. The van der Waals surface area contributed by atoms with Crippen LogP contribution in [0.25, 0.3) is 55.0 Å². The van der Waals surface area contributed by atoms with Crippen LogP contribution in [0.4, 0.5) is 5.69 Å². The number of nitro benzene ring substituents is 1. The van der Waals surface area contributed by atoms with Crippen molar-refractivity contribution in [1.82, 2.24) is 0 Å². The molecule has 0 saturated heterocycles. The molecule has 0 fully saturated rings. The van der Waals surface area contributed by atoms with Crippen LogP contribution in [0.1, 0.15) is 31.9 Å². The Balaban J connectivity index is 1.73. The average molecular weight is 463 g/mol. The first kappa shape index (κ1) is 20.1. The normalized spacial score (nSPS) is 13.3. The molecule has 0 spiro atoms. The maximum atomic E-state index is 11.6. The number of nitrogens with zero attached hydrogens (tertiary/aromatic N) is 1. The van der Waals surface area contributed by atoms with E-state index in [0.717, 1.165) is 60.9 Å². The van der Waals surface area contributed by atoms with Gasteiger partial charge in [-0.25, -0.2) is 0 Å². The minimum Gasteiger partial charge on any atom is -0.488 e. The topological polar surface area (TPSA) is 78.7 Å². The molecule has 172 valence electrons. The highest BCUT2D eigenvalue weighted by Crippen LogP contribution is 2.52. The average Bonchev–Trinajstić information content (AvgIpc) is 3.40. The Labute approximate surface area is 199 Å². The van der Waals surface area contributed by atoms with Crippen LogP contribution in [-0.4, -0.2) is 4.92 Å². The van der Waals surface area contributed by atoms with Crippen molar-refractivity contribution in [2.75, 3.05) is 0 Å². The van der Waals surface area contributed by atoms with Crippen molar-refractivity contribution >= 4 is 49.6 Å². The van der Waals surface area contributed by atoms with E-state index >= 15 is 0 Å². The van der Waals surface area contributed by atoms with E-state index in [9.17, 15) is 10.1 Å². The monoisotopic (exact) mass is 463 g/mol.